The lowest BCUT2D eigenvalue weighted by Crippen LogP contribution is -2.48. The van der Waals surface area contributed by atoms with Gasteiger partial charge >= 0.3 is 0 Å². The van der Waals surface area contributed by atoms with Crippen molar-refractivity contribution in [3.63, 3.8) is 0 Å². The van der Waals surface area contributed by atoms with Crippen molar-refractivity contribution in [2.75, 3.05) is 25.0 Å². The number of hydrogen-bond acceptors (Lipinski definition) is 5. The lowest BCUT2D eigenvalue weighted by Gasteiger charge is -2.36. The highest BCUT2D eigenvalue weighted by Gasteiger charge is 2.29. The van der Waals surface area contributed by atoms with Gasteiger partial charge < -0.3 is 10.1 Å². The second kappa shape index (κ2) is 7.40. The summed E-state index contributed by atoms with van der Waals surface area (Å²) >= 11 is 7.35. The third-order valence-corrected chi connectivity index (χ3v) is 4.87. The number of rotatable bonds is 4. The van der Waals surface area contributed by atoms with Crippen molar-refractivity contribution in [3.8, 4) is 0 Å². The molecule has 2 heterocycles. The Kier molecular flexibility index (Phi) is 5.27. The van der Waals surface area contributed by atoms with Crippen LogP contribution in [0.25, 0.3) is 0 Å². The van der Waals surface area contributed by atoms with E-state index in [0.717, 1.165) is 12.1 Å². The molecule has 0 saturated carbocycles. The van der Waals surface area contributed by atoms with Gasteiger partial charge in [0, 0.05) is 29.7 Å². The Morgan fingerprint density at radius 1 is 1.48 bits per heavy atom. The molecule has 1 aliphatic heterocycles. The zero-order valence-corrected chi connectivity index (χ0v) is 14.3. The molecule has 1 aromatic heterocycles. The molecule has 2 atom stereocenters. The van der Waals surface area contributed by atoms with E-state index < -0.39 is 0 Å². The summed E-state index contributed by atoms with van der Waals surface area (Å²) in [6, 6.07) is 7.42. The molecular formula is C16H18ClN3O2S. The fourth-order valence-electron chi connectivity index (χ4n) is 2.56. The van der Waals surface area contributed by atoms with Gasteiger partial charge in [0.05, 0.1) is 18.8 Å². The van der Waals surface area contributed by atoms with Gasteiger partial charge in [0.2, 0.25) is 5.91 Å². The molecule has 0 bridgehead atoms. The highest BCUT2D eigenvalue weighted by Crippen LogP contribution is 2.25. The molecule has 1 aliphatic rings. The average Bonchev–Trinajstić information content (AvgIpc) is 3.08. The van der Waals surface area contributed by atoms with Crippen molar-refractivity contribution < 1.29 is 9.53 Å². The number of halogens is 1. The number of aromatic nitrogens is 1. The van der Waals surface area contributed by atoms with Crippen LogP contribution in [0.4, 0.5) is 5.13 Å². The second-order valence-corrected chi connectivity index (χ2v) is 6.74. The van der Waals surface area contributed by atoms with Crippen LogP contribution in [0, 0.1) is 0 Å². The number of hydrogen-bond donors (Lipinski definition) is 1. The maximum Gasteiger partial charge on any atom is 0.243 e. The Bertz CT molecular complexity index is 648. The normalized spacial score (nSPS) is 20.2. The van der Waals surface area contributed by atoms with Crippen molar-refractivity contribution in [2.45, 2.75) is 19.1 Å². The number of nitrogens with zero attached hydrogens (tertiary/aromatic N) is 2. The van der Waals surface area contributed by atoms with Gasteiger partial charge in [-0.3, -0.25) is 9.69 Å². The molecule has 122 valence electrons. The third-order valence-electron chi connectivity index (χ3n) is 3.93. The molecule has 1 aromatic carbocycles. The minimum Gasteiger partial charge on any atom is -0.371 e. The predicted octanol–water partition coefficient (Wildman–Crippen LogP) is 3.20. The quantitative estimate of drug-likeness (QED) is 0.919. The summed E-state index contributed by atoms with van der Waals surface area (Å²) in [5.41, 5.74) is 1.08. The number of carbonyl (C=O) groups is 1. The molecule has 23 heavy (non-hydrogen) atoms. The Hall–Kier alpha value is -1.47. The molecular weight excluding hydrogens is 334 g/mol. The number of benzene rings is 1. The van der Waals surface area contributed by atoms with E-state index in [0.29, 0.717) is 23.3 Å². The lowest BCUT2D eigenvalue weighted by atomic mass is 10.1. The number of morpholine rings is 1. The van der Waals surface area contributed by atoms with Crippen LogP contribution in [0.5, 0.6) is 0 Å². The number of carbonyl (C=O) groups excluding carboxylic acids is 1. The van der Waals surface area contributed by atoms with E-state index in [4.69, 9.17) is 16.3 Å². The largest absolute Gasteiger partial charge is 0.371 e. The van der Waals surface area contributed by atoms with Crippen molar-refractivity contribution in [2.24, 2.45) is 0 Å². The van der Waals surface area contributed by atoms with Gasteiger partial charge in [-0.15, -0.1) is 11.3 Å². The smallest absolute Gasteiger partial charge is 0.243 e. The average molecular weight is 352 g/mol. The van der Waals surface area contributed by atoms with Gasteiger partial charge in [0.15, 0.2) is 5.13 Å². The van der Waals surface area contributed by atoms with Crippen molar-refractivity contribution >= 4 is 34.0 Å². The Balaban J connectivity index is 1.63. The summed E-state index contributed by atoms with van der Waals surface area (Å²) in [6.45, 7) is 3.92. The van der Waals surface area contributed by atoms with Crippen LogP contribution in [0.2, 0.25) is 5.02 Å². The van der Waals surface area contributed by atoms with Crippen LogP contribution in [-0.4, -0.2) is 41.5 Å². The van der Waals surface area contributed by atoms with E-state index in [1.54, 1.807) is 6.20 Å². The molecule has 1 N–H and O–H groups in total. The minimum atomic E-state index is -0.238. The van der Waals surface area contributed by atoms with E-state index in [1.807, 2.05) is 36.6 Å². The number of anilines is 1. The van der Waals surface area contributed by atoms with Crippen LogP contribution < -0.4 is 5.32 Å². The van der Waals surface area contributed by atoms with Gasteiger partial charge in [-0.1, -0.05) is 23.7 Å². The molecule has 0 aliphatic carbocycles. The number of ether oxygens (including phenoxy) is 1. The first-order chi connectivity index (χ1) is 11.1. The Morgan fingerprint density at radius 2 is 2.26 bits per heavy atom. The number of thiazole rings is 1. The highest BCUT2D eigenvalue weighted by atomic mass is 35.5. The van der Waals surface area contributed by atoms with Crippen LogP contribution in [-0.2, 0) is 9.53 Å². The van der Waals surface area contributed by atoms with Crippen LogP contribution in [0.15, 0.2) is 35.8 Å². The molecule has 7 heteroatoms. The fourth-order valence-corrected chi connectivity index (χ4v) is 3.22. The van der Waals surface area contributed by atoms with E-state index >= 15 is 0 Å². The molecule has 1 saturated heterocycles. The molecule has 5 nitrogen and oxygen atoms in total. The van der Waals surface area contributed by atoms with Crippen molar-refractivity contribution in [1.29, 1.82) is 0 Å². The first kappa shape index (κ1) is 16.4. The summed E-state index contributed by atoms with van der Waals surface area (Å²) in [6.07, 6.45) is 1.63. The maximum absolute atomic E-state index is 12.4. The summed E-state index contributed by atoms with van der Waals surface area (Å²) in [5.74, 6) is -0.0447. The molecule has 0 radical (unpaired) electrons. The van der Waals surface area contributed by atoms with E-state index in [9.17, 15) is 4.79 Å². The van der Waals surface area contributed by atoms with Gasteiger partial charge in [-0.25, -0.2) is 4.98 Å². The zero-order valence-electron chi connectivity index (χ0n) is 12.7. The van der Waals surface area contributed by atoms with Crippen molar-refractivity contribution in [1.82, 2.24) is 9.88 Å². The molecule has 2 aromatic rings. The lowest BCUT2D eigenvalue weighted by molar-refractivity contribution is -0.124. The molecule has 0 spiro atoms. The first-order valence-electron chi connectivity index (χ1n) is 7.45. The topological polar surface area (TPSA) is 54.5 Å². The molecule has 1 fully saturated rings. The van der Waals surface area contributed by atoms with Gasteiger partial charge in [-0.2, -0.15) is 0 Å². The van der Waals surface area contributed by atoms with E-state index in [1.165, 1.54) is 11.3 Å². The molecule has 1 amide bonds. The number of nitrogens with one attached hydrogen (secondary N) is 1. The third kappa shape index (κ3) is 4.09. The van der Waals surface area contributed by atoms with Gasteiger partial charge in [0.1, 0.15) is 0 Å². The number of amides is 1. The second-order valence-electron chi connectivity index (χ2n) is 5.41. The molecule has 0 unspecified atom stereocenters. The predicted molar refractivity (Wildman–Crippen MR) is 91.9 cm³/mol. The first-order valence-corrected chi connectivity index (χ1v) is 8.71. The Morgan fingerprint density at radius 3 is 2.96 bits per heavy atom. The summed E-state index contributed by atoms with van der Waals surface area (Å²) in [4.78, 5) is 18.6. The molecule has 3 rings (SSSR count). The Labute approximate surface area is 144 Å². The zero-order chi connectivity index (χ0) is 16.2. The maximum atomic E-state index is 12.4. The SMILES string of the molecule is C[C@@H](C(=O)Nc1nccs1)N1CCO[C@H](c2ccc(Cl)cc2)C1. The summed E-state index contributed by atoms with van der Waals surface area (Å²) < 4.78 is 5.84. The highest BCUT2D eigenvalue weighted by molar-refractivity contribution is 7.13. The monoisotopic (exact) mass is 351 g/mol. The van der Waals surface area contributed by atoms with Crippen LogP contribution >= 0.6 is 22.9 Å². The van der Waals surface area contributed by atoms with Crippen molar-refractivity contribution in [3.05, 3.63) is 46.4 Å². The van der Waals surface area contributed by atoms with E-state index in [2.05, 4.69) is 15.2 Å². The van der Waals surface area contributed by atoms with Gasteiger partial charge in [0.25, 0.3) is 0 Å². The van der Waals surface area contributed by atoms with Crippen LogP contribution in [0.1, 0.15) is 18.6 Å². The summed E-state index contributed by atoms with van der Waals surface area (Å²) in [5, 5.41) is 6.02. The fraction of sp³-hybridized carbons (Fsp3) is 0.375. The minimum absolute atomic E-state index is 0.0447. The van der Waals surface area contributed by atoms with E-state index in [-0.39, 0.29) is 18.1 Å². The summed E-state index contributed by atoms with van der Waals surface area (Å²) in [7, 11) is 0. The van der Waals surface area contributed by atoms with Gasteiger partial charge in [-0.05, 0) is 24.6 Å². The standard InChI is InChI=1S/C16H18ClN3O2S/c1-11(15(21)19-16-18-6-9-23-16)20-7-8-22-14(10-20)12-2-4-13(17)5-3-12/h2-6,9,11,14H,7-8,10H2,1H3,(H,18,19,21)/t11-,14-/m0/s1. The van der Waals surface area contributed by atoms with Crippen LogP contribution in [0.3, 0.4) is 0 Å².